The highest BCUT2D eigenvalue weighted by molar-refractivity contribution is 7.98. The molecule has 1 aliphatic rings. The molecule has 29 heavy (non-hydrogen) atoms. The maximum atomic E-state index is 12.4. The number of esters is 1. The molecule has 8 nitrogen and oxygen atoms in total. The Labute approximate surface area is 171 Å². The van der Waals surface area contributed by atoms with Crippen LogP contribution >= 0.6 is 11.8 Å². The first-order chi connectivity index (χ1) is 14.1. The smallest absolute Gasteiger partial charge is 0.311 e. The molecule has 3 heterocycles. The van der Waals surface area contributed by atoms with Crippen LogP contribution in [0.1, 0.15) is 12.3 Å². The molecule has 9 heteroatoms. The predicted octanol–water partition coefficient (Wildman–Crippen LogP) is 2.95. The summed E-state index contributed by atoms with van der Waals surface area (Å²) >= 11 is 1.63. The second kappa shape index (κ2) is 8.44. The highest BCUT2D eigenvalue weighted by Crippen LogP contribution is 2.28. The molecule has 1 saturated heterocycles. The molecule has 148 valence electrons. The average molecular weight is 410 g/mol. The number of rotatable bonds is 6. The minimum atomic E-state index is -0.525. The zero-order chi connectivity index (χ0) is 20.2. The first-order valence-electron chi connectivity index (χ1n) is 8.98. The lowest BCUT2D eigenvalue weighted by Crippen LogP contribution is -2.26. The van der Waals surface area contributed by atoms with E-state index in [0.717, 1.165) is 10.6 Å². The molecule has 1 aliphatic heterocycles. The molecule has 1 unspecified atom stereocenters. The molecule has 0 N–H and O–H groups in total. The van der Waals surface area contributed by atoms with E-state index in [1.54, 1.807) is 41.2 Å². The Kier molecular flexibility index (Phi) is 5.57. The number of aromatic nitrogens is 3. The van der Waals surface area contributed by atoms with E-state index in [0.29, 0.717) is 17.9 Å². The van der Waals surface area contributed by atoms with Crippen molar-refractivity contribution in [1.29, 1.82) is 0 Å². The van der Waals surface area contributed by atoms with Gasteiger partial charge < -0.3 is 14.2 Å². The second-order valence-corrected chi connectivity index (χ2v) is 7.34. The molecule has 0 radical (unpaired) electrons. The molecule has 1 atom stereocenters. The number of carbonyl (C=O) groups excluding carboxylic acids is 2. The van der Waals surface area contributed by atoms with E-state index in [1.165, 1.54) is 0 Å². The Morgan fingerprint density at radius 3 is 2.86 bits per heavy atom. The van der Waals surface area contributed by atoms with Gasteiger partial charge >= 0.3 is 5.97 Å². The van der Waals surface area contributed by atoms with Crippen LogP contribution < -0.4 is 4.90 Å². The van der Waals surface area contributed by atoms with Gasteiger partial charge in [-0.25, -0.2) is 0 Å². The van der Waals surface area contributed by atoms with Crippen molar-refractivity contribution in [2.24, 2.45) is 5.92 Å². The first-order valence-corrected chi connectivity index (χ1v) is 10.2. The van der Waals surface area contributed by atoms with Crippen molar-refractivity contribution in [3.8, 4) is 11.4 Å². The summed E-state index contributed by atoms with van der Waals surface area (Å²) < 4.78 is 10.4. The predicted molar refractivity (Wildman–Crippen MR) is 106 cm³/mol. The molecule has 2 aromatic heterocycles. The van der Waals surface area contributed by atoms with Gasteiger partial charge in [0.1, 0.15) is 0 Å². The number of hydrogen-bond donors (Lipinski definition) is 0. The summed E-state index contributed by atoms with van der Waals surface area (Å²) in [5.74, 6) is -0.516. The van der Waals surface area contributed by atoms with E-state index < -0.39 is 11.9 Å². The Morgan fingerprint density at radius 2 is 2.14 bits per heavy atom. The van der Waals surface area contributed by atoms with Crippen LogP contribution in [0.25, 0.3) is 11.4 Å². The summed E-state index contributed by atoms with van der Waals surface area (Å²) in [6.45, 7) is 0.153. The van der Waals surface area contributed by atoms with Crippen LogP contribution in [-0.2, 0) is 20.9 Å². The van der Waals surface area contributed by atoms with E-state index in [9.17, 15) is 9.59 Å². The van der Waals surface area contributed by atoms with Gasteiger partial charge in [0.25, 0.3) is 5.89 Å². The van der Waals surface area contributed by atoms with Crippen molar-refractivity contribution in [3.05, 3.63) is 54.7 Å². The van der Waals surface area contributed by atoms with Crippen LogP contribution in [0.5, 0.6) is 0 Å². The summed E-state index contributed by atoms with van der Waals surface area (Å²) in [6, 6.07) is 11.2. The molecule has 0 aliphatic carbocycles. The van der Waals surface area contributed by atoms with E-state index in [1.807, 2.05) is 30.5 Å². The van der Waals surface area contributed by atoms with Crippen LogP contribution in [0.15, 0.2) is 58.2 Å². The number of nitrogens with zero attached hydrogens (tertiary/aromatic N) is 4. The fourth-order valence-electron chi connectivity index (χ4n) is 3.05. The van der Waals surface area contributed by atoms with Crippen molar-refractivity contribution in [3.63, 3.8) is 0 Å². The molecule has 0 spiro atoms. The van der Waals surface area contributed by atoms with E-state index >= 15 is 0 Å². The number of benzene rings is 1. The zero-order valence-corrected chi connectivity index (χ0v) is 16.5. The van der Waals surface area contributed by atoms with Gasteiger partial charge in [0.2, 0.25) is 11.7 Å². The summed E-state index contributed by atoms with van der Waals surface area (Å²) in [7, 11) is 0. The number of pyridine rings is 1. The monoisotopic (exact) mass is 410 g/mol. The van der Waals surface area contributed by atoms with Crippen molar-refractivity contribution in [2.75, 3.05) is 17.7 Å². The molecular weight excluding hydrogens is 392 g/mol. The third-order valence-electron chi connectivity index (χ3n) is 4.57. The van der Waals surface area contributed by atoms with Gasteiger partial charge in [-0.05, 0) is 42.7 Å². The topological polar surface area (TPSA) is 98.4 Å². The van der Waals surface area contributed by atoms with E-state index in [-0.39, 0.29) is 24.8 Å². The van der Waals surface area contributed by atoms with Crippen LogP contribution in [0.4, 0.5) is 5.69 Å². The maximum Gasteiger partial charge on any atom is 0.311 e. The van der Waals surface area contributed by atoms with Crippen LogP contribution in [-0.4, -0.2) is 39.8 Å². The number of ether oxygens (including phenoxy) is 1. The lowest BCUT2D eigenvalue weighted by atomic mass is 10.1. The van der Waals surface area contributed by atoms with Gasteiger partial charge in [-0.2, -0.15) is 4.98 Å². The zero-order valence-electron chi connectivity index (χ0n) is 15.6. The molecule has 0 bridgehead atoms. The van der Waals surface area contributed by atoms with Crippen LogP contribution in [0.2, 0.25) is 0 Å². The van der Waals surface area contributed by atoms with Crippen molar-refractivity contribution < 1.29 is 18.8 Å². The molecule has 3 aromatic rings. The van der Waals surface area contributed by atoms with Gasteiger partial charge in [-0.3, -0.25) is 14.6 Å². The lowest BCUT2D eigenvalue weighted by Gasteiger charge is -2.16. The maximum absolute atomic E-state index is 12.4. The third kappa shape index (κ3) is 4.29. The van der Waals surface area contributed by atoms with Gasteiger partial charge in [-0.15, -0.1) is 11.8 Å². The average Bonchev–Trinajstić information content (AvgIpc) is 3.40. The molecular formula is C20H18N4O4S. The Morgan fingerprint density at radius 1 is 1.31 bits per heavy atom. The lowest BCUT2D eigenvalue weighted by molar-refractivity contribution is -0.150. The fourth-order valence-corrected chi connectivity index (χ4v) is 3.46. The third-order valence-corrected chi connectivity index (χ3v) is 5.31. The van der Waals surface area contributed by atoms with E-state index in [2.05, 4.69) is 15.1 Å². The number of anilines is 1. The summed E-state index contributed by atoms with van der Waals surface area (Å²) in [5.41, 5.74) is 1.49. The van der Waals surface area contributed by atoms with Gasteiger partial charge in [0, 0.05) is 41.5 Å². The SMILES string of the molecule is CSc1ccc(N2CC(C(=O)OCc3nc(-c4cccnc4)no3)CC2=O)cc1. The number of carbonyl (C=O) groups is 2. The highest BCUT2D eigenvalue weighted by Gasteiger charge is 2.36. The van der Waals surface area contributed by atoms with Crippen molar-refractivity contribution >= 4 is 29.3 Å². The molecule has 1 aromatic carbocycles. The Bertz CT molecular complexity index is 1010. The minimum Gasteiger partial charge on any atom is -0.455 e. The van der Waals surface area contributed by atoms with Gasteiger partial charge in [0.15, 0.2) is 6.61 Å². The quantitative estimate of drug-likeness (QED) is 0.452. The molecule has 4 rings (SSSR count). The number of thioether (sulfide) groups is 1. The van der Waals surface area contributed by atoms with Gasteiger partial charge in [-0.1, -0.05) is 5.16 Å². The molecule has 1 fully saturated rings. The minimum absolute atomic E-state index is 0.0968. The summed E-state index contributed by atoms with van der Waals surface area (Å²) in [5, 5.41) is 3.86. The summed E-state index contributed by atoms with van der Waals surface area (Å²) in [4.78, 5) is 35.7. The molecule has 1 amide bonds. The first kappa shape index (κ1) is 19.1. The van der Waals surface area contributed by atoms with E-state index in [4.69, 9.17) is 9.26 Å². The number of amides is 1. The highest BCUT2D eigenvalue weighted by atomic mass is 32.2. The van der Waals surface area contributed by atoms with Gasteiger partial charge in [0.05, 0.1) is 5.92 Å². The van der Waals surface area contributed by atoms with Crippen molar-refractivity contribution in [2.45, 2.75) is 17.9 Å². The largest absolute Gasteiger partial charge is 0.455 e. The second-order valence-electron chi connectivity index (χ2n) is 6.46. The molecule has 0 saturated carbocycles. The van der Waals surface area contributed by atoms with Crippen LogP contribution in [0, 0.1) is 5.92 Å². The fraction of sp³-hybridized carbons (Fsp3) is 0.250. The Balaban J connectivity index is 1.34. The normalized spacial score (nSPS) is 16.2. The Hall–Kier alpha value is -3.20. The van der Waals surface area contributed by atoms with Crippen molar-refractivity contribution in [1.82, 2.24) is 15.1 Å². The summed E-state index contributed by atoms with van der Waals surface area (Å²) in [6.07, 6.45) is 5.37. The number of hydrogen-bond acceptors (Lipinski definition) is 8. The van der Waals surface area contributed by atoms with Crippen LogP contribution in [0.3, 0.4) is 0 Å². The standard InChI is InChI=1S/C20H18N4O4S/c1-29-16-6-4-15(5-7-16)24-11-14(9-18(24)25)20(26)27-12-17-22-19(23-28-17)13-3-2-8-21-10-13/h2-8,10,14H,9,11-12H2,1H3.